The molecule has 1 aromatic rings. The van der Waals surface area contributed by atoms with Crippen LogP contribution in [0.1, 0.15) is 44.1 Å². The van der Waals surface area contributed by atoms with E-state index in [9.17, 15) is 9.59 Å². The number of amides is 2. The van der Waals surface area contributed by atoms with Crippen molar-refractivity contribution in [3.05, 3.63) is 34.3 Å². The van der Waals surface area contributed by atoms with Crippen LogP contribution in [0.5, 0.6) is 0 Å². The zero-order chi connectivity index (χ0) is 19.6. The summed E-state index contributed by atoms with van der Waals surface area (Å²) in [4.78, 5) is 32.2. The zero-order valence-corrected chi connectivity index (χ0v) is 18.1. The van der Waals surface area contributed by atoms with Crippen molar-refractivity contribution in [1.29, 1.82) is 0 Å². The van der Waals surface area contributed by atoms with E-state index >= 15 is 0 Å². The molecule has 152 valence electrons. The van der Waals surface area contributed by atoms with Gasteiger partial charge < -0.3 is 9.80 Å². The molecule has 0 aromatic heterocycles. The summed E-state index contributed by atoms with van der Waals surface area (Å²) in [5.74, 6) is 0.539. The number of likely N-dealkylation sites (tertiary alicyclic amines) is 1. The van der Waals surface area contributed by atoms with Crippen LogP contribution < -0.4 is 0 Å². The Balaban J connectivity index is 1.38. The van der Waals surface area contributed by atoms with Gasteiger partial charge in [0, 0.05) is 43.7 Å². The molecule has 0 spiro atoms. The Morgan fingerprint density at radius 2 is 1.43 bits per heavy atom. The second kappa shape index (κ2) is 8.54. The fourth-order valence-corrected chi connectivity index (χ4v) is 5.31. The van der Waals surface area contributed by atoms with Gasteiger partial charge in [0.25, 0.3) is 0 Å². The summed E-state index contributed by atoms with van der Waals surface area (Å²) in [6, 6.07) is 8.31. The van der Waals surface area contributed by atoms with Crippen molar-refractivity contribution < 1.29 is 9.59 Å². The Kier molecular flexibility index (Phi) is 6.07. The molecule has 1 aliphatic carbocycles. The average molecular weight is 448 g/mol. The Morgan fingerprint density at radius 1 is 0.821 bits per heavy atom. The monoisotopic (exact) mass is 447 g/mol. The highest BCUT2D eigenvalue weighted by Crippen LogP contribution is 2.43. The van der Waals surface area contributed by atoms with Gasteiger partial charge in [0.1, 0.15) is 0 Å². The summed E-state index contributed by atoms with van der Waals surface area (Å²) in [6.45, 7) is 5.36. The number of nitrogens with zero attached hydrogens (tertiary/aromatic N) is 3. The van der Waals surface area contributed by atoms with Gasteiger partial charge in [0.05, 0.1) is 12.0 Å². The fraction of sp³-hybridized carbons (Fsp3) is 0.636. The quantitative estimate of drug-likeness (QED) is 0.712. The lowest BCUT2D eigenvalue weighted by atomic mass is 9.77. The molecule has 0 N–H and O–H groups in total. The molecule has 3 fully saturated rings. The first-order valence-corrected chi connectivity index (χ1v) is 11.4. The van der Waals surface area contributed by atoms with Crippen LogP contribution in [0.3, 0.4) is 0 Å². The first-order chi connectivity index (χ1) is 13.6. The number of rotatable bonds is 4. The highest BCUT2D eigenvalue weighted by Gasteiger charge is 2.45. The van der Waals surface area contributed by atoms with E-state index in [1.54, 1.807) is 0 Å². The molecule has 2 heterocycles. The van der Waals surface area contributed by atoms with Crippen LogP contribution in [-0.2, 0) is 15.0 Å². The van der Waals surface area contributed by atoms with E-state index in [1.807, 2.05) is 21.9 Å². The van der Waals surface area contributed by atoms with E-state index in [4.69, 9.17) is 0 Å². The molecule has 1 aromatic carbocycles. The van der Waals surface area contributed by atoms with Crippen molar-refractivity contribution >= 4 is 27.7 Å². The third-order valence-electron chi connectivity index (χ3n) is 6.74. The number of benzene rings is 1. The molecule has 2 amide bonds. The Labute approximate surface area is 176 Å². The third-order valence-corrected chi connectivity index (χ3v) is 7.27. The van der Waals surface area contributed by atoms with Crippen molar-refractivity contribution in [3.63, 3.8) is 0 Å². The maximum atomic E-state index is 13.6. The van der Waals surface area contributed by atoms with Crippen molar-refractivity contribution in [2.24, 2.45) is 0 Å². The molecule has 0 radical (unpaired) electrons. The highest BCUT2D eigenvalue weighted by atomic mass is 79.9. The summed E-state index contributed by atoms with van der Waals surface area (Å²) in [6.07, 6.45) is 6.39. The second-order valence-corrected chi connectivity index (χ2v) is 9.37. The molecule has 5 nitrogen and oxygen atoms in total. The first kappa shape index (κ1) is 19.9. The van der Waals surface area contributed by atoms with Crippen molar-refractivity contribution in [2.75, 3.05) is 45.8 Å². The highest BCUT2D eigenvalue weighted by molar-refractivity contribution is 9.10. The van der Waals surface area contributed by atoms with Crippen LogP contribution >= 0.6 is 15.9 Å². The van der Waals surface area contributed by atoms with Gasteiger partial charge in [0.2, 0.25) is 11.8 Å². The smallest absolute Gasteiger partial charge is 0.236 e. The number of carbonyl (C=O) groups is 2. The minimum Gasteiger partial charge on any atom is -0.342 e. The van der Waals surface area contributed by atoms with Gasteiger partial charge in [-0.15, -0.1) is 0 Å². The lowest BCUT2D eigenvalue weighted by Gasteiger charge is -2.40. The van der Waals surface area contributed by atoms with Crippen LogP contribution in [-0.4, -0.2) is 72.3 Å². The molecule has 0 atom stereocenters. The Bertz CT molecular complexity index is 701. The van der Waals surface area contributed by atoms with Crippen molar-refractivity contribution in [3.8, 4) is 0 Å². The lowest BCUT2D eigenvalue weighted by molar-refractivity contribution is -0.139. The fourth-order valence-electron chi connectivity index (χ4n) is 5.04. The van der Waals surface area contributed by atoms with E-state index in [-0.39, 0.29) is 17.2 Å². The Morgan fingerprint density at radius 3 is 2.04 bits per heavy atom. The molecule has 6 heteroatoms. The van der Waals surface area contributed by atoms with Crippen LogP contribution in [0, 0.1) is 0 Å². The molecule has 1 saturated carbocycles. The zero-order valence-electron chi connectivity index (χ0n) is 16.5. The molecule has 4 rings (SSSR count). The molecule has 3 aliphatic rings. The van der Waals surface area contributed by atoms with Gasteiger partial charge in [-0.25, -0.2) is 0 Å². The van der Waals surface area contributed by atoms with E-state index < -0.39 is 0 Å². The largest absolute Gasteiger partial charge is 0.342 e. The van der Waals surface area contributed by atoms with Gasteiger partial charge in [-0.2, -0.15) is 0 Å². The van der Waals surface area contributed by atoms with E-state index in [0.29, 0.717) is 6.54 Å². The van der Waals surface area contributed by atoms with Gasteiger partial charge >= 0.3 is 0 Å². The van der Waals surface area contributed by atoms with Gasteiger partial charge in [-0.1, -0.05) is 40.9 Å². The van der Waals surface area contributed by atoms with E-state index in [1.165, 1.54) is 0 Å². The molecule has 0 bridgehead atoms. The number of piperazine rings is 1. The van der Waals surface area contributed by atoms with Gasteiger partial charge in [-0.3, -0.25) is 14.5 Å². The van der Waals surface area contributed by atoms with Crippen LogP contribution in [0.2, 0.25) is 0 Å². The normalized spacial score (nSPS) is 22.6. The molecule has 0 unspecified atom stereocenters. The summed E-state index contributed by atoms with van der Waals surface area (Å²) in [7, 11) is 0. The van der Waals surface area contributed by atoms with Gasteiger partial charge in [0.15, 0.2) is 0 Å². The van der Waals surface area contributed by atoms with Crippen molar-refractivity contribution in [2.45, 2.75) is 43.9 Å². The van der Waals surface area contributed by atoms with Crippen LogP contribution in [0.15, 0.2) is 28.7 Å². The van der Waals surface area contributed by atoms with Crippen LogP contribution in [0.25, 0.3) is 0 Å². The first-order valence-electron chi connectivity index (χ1n) is 10.6. The molecule has 2 aliphatic heterocycles. The maximum Gasteiger partial charge on any atom is 0.236 e. The minimum atomic E-state index is -0.353. The topological polar surface area (TPSA) is 43.9 Å². The summed E-state index contributed by atoms with van der Waals surface area (Å²) < 4.78 is 1.05. The number of hydrogen-bond donors (Lipinski definition) is 0. The SMILES string of the molecule is O=C(CN1CCN(C(=O)C2(c3ccc(Br)cc3)CCCC2)CC1)N1CCCC1. The average Bonchev–Trinajstić information content (AvgIpc) is 3.41. The molecular weight excluding hydrogens is 418 g/mol. The maximum absolute atomic E-state index is 13.6. The number of halogens is 1. The predicted molar refractivity (Wildman–Crippen MR) is 113 cm³/mol. The summed E-state index contributed by atoms with van der Waals surface area (Å²) in [5, 5.41) is 0. The van der Waals surface area contributed by atoms with E-state index in [2.05, 4.69) is 33.0 Å². The van der Waals surface area contributed by atoms with Gasteiger partial charge in [-0.05, 0) is 43.4 Å². The van der Waals surface area contributed by atoms with E-state index in [0.717, 1.165) is 87.8 Å². The third kappa shape index (κ3) is 3.99. The predicted octanol–water partition coefficient (Wildman–Crippen LogP) is 3.03. The molecule has 2 saturated heterocycles. The minimum absolute atomic E-state index is 0.249. The molecule has 28 heavy (non-hydrogen) atoms. The second-order valence-electron chi connectivity index (χ2n) is 8.45. The van der Waals surface area contributed by atoms with Crippen molar-refractivity contribution in [1.82, 2.24) is 14.7 Å². The number of hydrogen-bond acceptors (Lipinski definition) is 3. The summed E-state index contributed by atoms with van der Waals surface area (Å²) >= 11 is 3.50. The standard InChI is InChI=1S/C22H30BrN3O2/c23-19-7-5-18(6-8-19)22(9-1-2-10-22)21(28)26-15-13-24(14-16-26)17-20(27)25-11-3-4-12-25/h5-8H,1-4,9-17H2. The molecular formula is C22H30BrN3O2. The Hall–Kier alpha value is -1.40. The summed E-state index contributed by atoms with van der Waals surface area (Å²) in [5.41, 5.74) is 0.804. The number of carbonyl (C=O) groups excluding carboxylic acids is 2. The lowest BCUT2D eigenvalue weighted by Crippen LogP contribution is -2.55. The van der Waals surface area contributed by atoms with Crippen LogP contribution in [0.4, 0.5) is 0 Å².